The number of hydrogen-bond donors (Lipinski definition) is 3. The summed E-state index contributed by atoms with van der Waals surface area (Å²) >= 11 is 0. The van der Waals surface area contributed by atoms with Gasteiger partial charge in [0.2, 0.25) is 11.7 Å². The standard InChI is InChI=1S/C14H17N5O4/c1-19-14(23-2)17-12(18-19)13(22)16-10(11(15)21)7-8-3-5-9(20)6-4-8/h3-6,10,20H,7H2,1-2H3,(H2,15,21)(H,16,22)/t10-/m0/s1. The van der Waals surface area contributed by atoms with Gasteiger partial charge in [-0.05, 0) is 17.7 Å². The number of nitrogens with two attached hydrogens (primary N) is 1. The van der Waals surface area contributed by atoms with E-state index in [1.807, 2.05) is 0 Å². The zero-order valence-electron chi connectivity index (χ0n) is 12.7. The summed E-state index contributed by atoms with van der Waals surface area (Å²) in [5, 5.41) is 15.6. The first-order valence-corrected chi connectivity index (χ1v) is 6.74. The van der Waals surface area contributed by atoms with Crippen LogP contribution in [0.25, 0.3) is 0 Å². The van der Waals surface area contributed by atoms with Crippen molar-refractivity contribution < 1.29 is 19.4 Å². The molecule has 1 aromatic heterocycles. The van der Waals surface area contributed by atoms with Crippen molar-refractivity contribution in [1.82, 2.24) is 20.1 Å². The molecule has 2 rings (SSSR count). The largest absolute Gasteiger partial charge is 0.508 e. The van der Waals surface area contributed by atoms with Crippen molar-refractivity contribution in [2.75, 3.05) is 7.11 Å². The summed E-state index contributed by atoms with van der Waals surface area (Å²) in [6, 6.07) is 5.49. The molecule has 2 amide bonds. The molecule has 1 aromatic carbocycles. The number of nitrogens with zero attached hydrogens (tertiary/aromatic N) is 3. The number of benzene rings is 1. The molecule has 0 spiro atoms. The highest BCUT2D eigenvalue weighted by atomic mass is 16.5. The Bertz CT molecular complexity index is 710. The molecule has 9 nitrogen and oxygen atoms in total. The Morgan fingerprint density at radius 2 is 2.04 bits per heavy atom. The van der Waals surface area contributed by atoms with E-state index in [0.29, 0.717) is 0 Å². The second kappa shape index (κ2) is 6.77. The molecule has 1 heterocycles. The van der Waals surface area contributed by atoms with E-state index < -0.39 is 17.9 Å². The molecule has 0 aliphatic carbocycles. The van der Waals surface area contributed by atoms with Gasteiger partial charge in [0.1, 0.15) is 11.8 Å². The number of carbonyl (C=O) groups excluding carboxylic acids is 2. The minimum Gasteiger partial charge on any atom is -0.508 e. The molecule has 0 saturated heterocycles. The zero-order valence-corrected chi connectivity index (χ0v) is 12.7. The van der Waals surface area contributed by atoms with Gasteiger partial charge in [-0.3, -0.25) is 9.59 Å². The number of nitrogens with one attached hydrogen (secondary N) is 1. The van der Waals surface area contributed by atoms with Crippen LogP contribution < -0.4 is 15.8 Å². The van der Waals surface area contributed by atoms with Gasteiger partial charge in [0.05, 0.1) is 7.11 Å². The fraction of sp³-hybridized carbons (Fsp3) is 0.286. The molecule has 0 aliphatic heterocycles. The summed E-state index contributed by atoms with van der Waals surface area (Å²) in [6.07, 6.45) is 0.186. The Morgan fingerprint density at radius 3 is 2.57 bits per heavy atom. The lowest BCUT2D eigenvalue weighted by Gasteiger charge is -2.14. The zero-order chi connectivity index (χ0) is 17.0. The first kappa shape index (κ1) is 16.3. The van der Waals surface area contributed by atoms with E-state index in [1.54, 1.807) is 19.2 Å². The van der Waals surface area contributed by atoms with Crippen LogP contribution in [0.15, 0.2) is 24.3 Å². The van der Waals surface area contributed by atoms with Gasteiger partial charge in [0, 0.05) is 13.5 Å². The second-order valence-electron chi connectivity index (χ2n) is 4.84. The Labute approximate surface area is 132 Å². The van der Waals surface area contributed by atoms with E-state index >= 15 is 0 Å². The number of methoxy groups -OCH3 is 1. The number of hydrogen-bond acceptors (Lipinski definition) is 6. The van der Waals surface area contributed by atoms with Crippen molar-refractivity contribution in [2.45, 2.75) is 12.5 Å². The number of aromatic hydroxyl groups is 1. The van der Waals surface area contributed by atoms with Gasteiger partial charge < -0.3 is 20.9 Å². The lowest BCUT2D eigenvalue weighted by Crippen LogP contribution is -2.46. The number of aromatic nitrogens is 3. The van der Waals surface area contributed by atoms with Crippen LogP contribution in [-0.2, 0) is 18.3 Å². The van der Waals surface area contributed by atoms with E-state index in [-0.39, 0.29) is 24.0 Å². The Balaban J connectivity index is 2.10. The summed E-state index contributed by atoms with van der Waals surface area (Å²) in [7, 11) is 2.98. The number of carbonyl (C=O) groups is 2. The molecule has 0 saturated carbocycles. The molecule has 1 atom stereocenters. The monoisotopic (exact) mass is 319 g/mol. The predicted octanol–water partition coefficient (Wildman–Crippen LogP) is -0.644. The van der Waals surface area contributed by atoms with Crippen molar-refractivity contribution in [3.63, 3.8) is 0 Å². The van der Waals surface area contributed by atoms with Gasteiger partial charge in [-0.2, -0.15) is 4.98 Å². The van der Waals surface area contributed by atoms with Gasteiger partial charge in [-0.1, -0.05) is 12.1 Å². The van der Waals surface area contributed by atoms with Crippen LogP contribution in [0.3, 0.4) is 0 Å². The Morgan fingerprint density at radius 1 is 1.39 bits per heavy atom. The summed E-state index contributed by atoms with van der Waals surface area (Å²) in [5.74, 6) is -1.33. The molecule has 23 heavy (non-hydrogen) atoms. The summed E-state index contributed by atoms with van der Waals surface area (Å²) < 4.78 is 6.23. The Hall–Kier alpha value is -3.10. The minimum absolute atomic E-state index is 0.109. The Kier molecular flexibility index (Phi) is 4.79. The van der Waals surface area contributed by atoms with Crippen LogP contribution in [0.5, 0.6) is 11.8 Å². The average Bonchev–Trinajstić information content (AvgIpc) is 2.89. The third-order valence-corrected chi connectivity index (χ3v) is 3.13. The van der Waals surface area contributed by atoms with Crippen LogP contribution in [-0.4, -0.2) is 44.8 Å². The highest BCUT2D eigenvalue weighted by Gasteiger charge is 2.22. The van der Waals surface area contributed by atoms with Gasteiger partial charge in [-0.25, -0.2) is 4.68 Å². The van der Waals surface area contributed by atoms with E-state index in [4.69, 9.17) is 10.5 Å². The smallest absolute Gasteiger partial charge is 0.314 e. The number of phenols is 1. The maximum absolute atomic E-state index is 12.1. The van der Waals surface area contributed by atoms with E-state index in [9.17, 15) is 14.7 Å². The van der Waals surface area contributed by atoms with Crippen LogP contribution in [0.1, 0.15) is 16.2 Å². The van der Waals surface area contributed by atoms with Crippen molar-refractivity contribution in [3.05, 3.63) is 35.7 Å². The average molecular weight is 319 g/mol. The van der Waals surface area contributed by atoms with E-state index in [1.165, 1.54) is 23.9 Å². The van der Waals surface area contributed by atoms with Crippen molar-refractivity contribution >= 4 is 11.8 Å². The molecular formula is C14H17N5O4. The second-order valence-corrected chi connectivity index (χ2v) is 4.84. The summed E-state index contributed by atoms with van der Waals surface area (Å²) in [6.45, 7) is 0. The molecule has 0 aliphatic rings. The lowest BCUT2D eigenvalue weighted by molar-refractivity contribution is -0.119. The molecule has 0 bridgehead atoms. The van der Waals surface area contributed by atoms with Crippen LogP contribution in [0.4, 0.5) is 0 Å². The highest BCUT2D eigenvalue weighted by Crippen LogP contribution is 2.12. The lowest BCUT2D eigenvalue weighted by atomic mass is 10.1. The first-order valence-electron chi connectivity index (χ1n) is 6.74. The molecule has 0 unspecified atom stereocenters. The van der Waals surface area contributed by atoms with E-state index in [0.717, 1.165) is 5.56 Å². The molecule has 2 aromatic rings. The number of amides is 2. The van der Waals surface area contributed by atoms with Crippen molar-refractivity contribution in [3.8, 4) is 11.8 Å². The fourth-order valence-electron chi connectivity index (χ4n) is 1.96. The van der Waals surface area contributed by atoms with Crippen molar-refractivity contribution in [1.29, 1.82) is 0 Å². The quantitative estimate of drug-likeness (QED) is 0.648. The van der Waals surface area contributed by atoms with Crippen molar-refractivity contribution in [2.24, 2.45) is 12.8 Å². The van der Waals surface area contributed by atoms with E-state index in [2.05, 4.69) is 15.4 Å². The number of phenolic OH excluding ortho intramolecular Hbond substituents is 1. The minimum atomic E-state index is -0.929. The molecule has 0 radical (unpaired) electrons. The maximum Gasteiger partial charge on any atom is 0.314 e. The maximum atomic E-state index is 12.1. The normalized spacial score (nSPS) is 11.7. The van der Waals surface area contributed by atoms with Gasteiger partial charge in [0.15, 0.2) is 0 Å². The molecular weight excluding hydrogens is 302 g/mol. The predicted molar refractivity (Wildman–Crippen MR) is 79.8 cm³/mol. The molecule has 9 heteroatoms. The molecule has 4 N–H and O–H groups in total. The summed E-state index contributed by atoms with van der Waals surface area (Å²) in [5.41, 5.74) is 6.06. The summed E-state index contributed by atoms with van der Waals surface area (Å²) in [4.78, 5) is 27.6. The first-order chi connectivity index (χ1) is 10.9. The van der Waals surface area contributed by atoms with Crippen LogP contribution >= 0.6 is 0 Å². The molecule has 0 fully saturated rings. The molecule has 122 valence electrons. The fourth-order valence-corrected chi connectivity index (χ4v) is 1.96. The number of aryl methyl sites for hydroxylation is 1. The number of ether oxygens (including phenoxy) is 1. The third-order valence-electron chi connectivity index (χ3n) is 3.13. The van der Waals surface area contributed by atoms with Crippen LogP contribution in [0.2, 0.25) is 0 Å². The van der Waals surface area contributed by atoms with Gasteiger partial charge in [-0.15, -0.1) is 5.10 Å². The SMILES string of the molecule is COc1nc(C(=O)N[C@@H](Cc2ccc(O)cc2)C(N)=O)nn1C. The van der Waals surface area contributed by atoms with Gasteiger partial charge in [0.25, 0.3) is 5.91 Å². The van der Waals surface area contributed by atoms with Crippen LogP contribution in [0, 0.1) is 0 Å². The highest BCUT2D eigenvalue weighted by molar-refractivity contribution is 5.94. The van der Waals surface area contributed by atoms with Gasteiger partial charge >= 0.3 is 6.01 Å². The topological polar surface area (TPSA) is 132 Å². The number of primary amides is 1. The third kappa shape index (κ3) is 3.96. The number of rotatable bonds is 6.